The van der Waals surface area contributed by atoms with E-state index in [-0.39, 0.29) is 28.7 Å². The van der Waals surface area contributed by atoms with Crippen molar-refractivity contribution in [2.75, 3.05) is 14.2 Å². The van der Waals surface area contributed by atoms with Crippen LogP contribution in [0.4, 0.5) is 0 Å². The minimum atomic E-state index is -3.84. The highest BCUT2D eigenvalue weighted by Gasteiger charge is 2.24. The van der Waals surface area contributed by atoms with Gasteiger partial charge in [0.25, 0.3) is 5.91 Å². The number of methoxy groups -OCH3 is 1. The number of amides is 1. The topological polar surface area (TPSA) is 111 Å². The summed E-state index contributed by atoms with van der Waals surface area (Å²) in [4.78, 5) is 25.0. The maximum absolute atomic E-state index is 12.9. The molecule has 0 aromatic heterocycles. The van der Waals surface area contributed by atoms with Gasteiger partial charge in [-0.15, -0.1) is 0 Å². The van der Waals surface area contributed by atoms with Gasteiger partial charge in [0.1, 0.15) is 10.6 Å². The number of hydrogen-bond acceptors (Lipinski definition) is 6. The minimum Gasteiger partial charge on any atom is -0.495 e. The summed E-state index contributed by atoms with van der Waals surface area (Å²) >= 11 is 0. The van der Waals surface area contributed by atoms with Crippen LogP contribution in [0.2, 0.25) is 0 Å². The number of hydrogen-bond donors (Lipinski definition) is 2. The van der Waals surface area contributed by atoms with Crippen molar-refractivity contribution in [3.63, 3.8) is 0 Å². The number of benzene rings is 2. The smallest absolute Gasteiger partial charge is 0.308 e. The highest BCUT2D eigenvalue weighted by Crippen LogP contribution is 2.26. The third-order valence-electron chi connectivity index (χ3n) is 4.51. The fourth-order valence-electron chi connectivity index (χ4n) is 2.91. The largest absolute Gasteiger partial charge is 0.495 e. The van der Waals surface area contributed by atoms with Gasteiger partial charge in [-0.1, -0.05) is 29.8 Å². The van der Waals surface area contributed by atoms with Gasteiger partial charge in [-0.25, -0.2) is 13.1 Å². The molecule has 0 saturated carbocycles. The van der Waals surface area contributed by atoms with Gasteiger partial charge in [0.15, 0.2) is 0 Å². The molecule has 2 N–H and O–H groups in total. The zero-order chi connectivity index (χ0) is 23.2. The lowest BCUT2D eigenvalue weighted by atomic mass is 10.0. The van der Waals surface area contributed by atoms with Crippen molar-refractivity contribution in [2.45, 2.75) is 44.2 Å². The quantitative estimate of drug-likeness (QED) is 0.571. The number of sulfonamides is 1. The predicted octanol–water partition coefficient (Wildman–Crippen LogP) is 2.72. The molecule has 0 aliphatic carbocycles. The molecule has 2 aromatic rings. The minimum absolute atomic E-state index is 0.0647. The van der Waals surface area contributed by atoms with Crippen LogP contribution in [0.5, 0.6) is 5.75 Å². The molecule has 2 aromatic carbocycles. The van der Waals surface area contributed by atoms with Crippen molar-refractivity contribution < 1.29 is 27.5 Å². The molecule has 0 spiro atoms. The number of rotatable bonds is 9. The van der Waals surface area contributed by atoms with Crippen LogP contribution in [0.1, 0.15) is 47.8 Å². The van der Waals surface area contributed by atoms with E-state index in [4.69, 9.17) is 9.47 Å². The van der Waals surface area contributed by atoms with Crippen LogP contribution in [-0.4, -0.2) is 40.6 Å². The first-order valence-corrected chi connectivity index (χ1v) is 11.2. The number of esters is 1. The summed E-state index contributed by atoms with van der Waals surface area (Å²) in [5.74, 6) is -0.867. The molecular formula is C22H28N2O6S. The van der Waals surface area contributed by atoms with Crippen LogP contribution in [-0.2, 0) is 19.6 Å². The van der Waals surface area contributed by atoms with Crippen LogP contribution < -0.4 is 14.8 Å². The Labute approximate surface area is 183 Å². The van der Waals surface area contributed by atoms with E-state index in [0.29, 0.717) is 0 Å². The third-order valence-corrected chi connectivity index (χ3v) is 5.94. The predicted molar refractivity (Wildman–Crippen MR) is 116 cm³/mol. The molecule has 0 saturated heterocycles. The summed E-state index contributed by atoms with van der Waals surface area (Å²) < 4.78 is 37.1. The van der Waals surface area contributed by atoms with E-state index in [1.807, 2.05) is 31.2 Å². The van der Waals surface area contributed by atoms with Gasteiger partial charge in [-0.3, -0.25) is 9.59 Å². The summed E-state index contributed by atoms with van der Waals surface area (Å²) in [5, 5.41) is 2.81. The lowest BCUT2D eigenvalue weighted by Gasteiger charge is -2.20. The molecule has 0 radical (unpaired) electrons. The zero-order valence-electron chi connectivity index (χ0n) is 18.3. The first-order valence-electron chi connectivity index (χ1n) is 9.76. The van der Waals surface area contributed by atoms with Gasteiger partial charge in [0.2, 0.25) is 10.0 Å². The van der Waals surface area contributed by atoms with Gasteiger partial charge in [-0.2, -0.15) is 0 Å². The number of ether oxygens (including phenoxy) is 2. The van der Waals surface area contributed by atoms with Crippen molar-refractivity contribution in [1.82, 2.24) is 10.0 Å². The average Bonchev–Trinajstić information content (AvgIpc) is 2.72. The van der Waals surface area contributed by atoms with Crippen molar-refractivity contribution in [3.05, 3.63) is 59.2 Å². The van der Waals surface area contributed by atoms with E-state index in [1.54, 1.807) is 13.8 Å². The Balaban J connectivity index is 2.35. The maximum atomic E-state index is 12.9. The lowest BCUT2D eigenvalue weighted by molar-refractivity contribution is -0.147. The Hall–Kier alpha value is -2.91. The van der Waals surface area contributed by atoms with Gasteiger partial charge >= 0.3 is 5.97 Å². The van der Waals surface area contributed by atoms with Gasteiger partial charge < -0.3 is 14.8 Å². The number of aryl methyl sites for hydroxylation is 1. The van der Waals surface area contributed by atoms with E-state index in [1.165, 1.54) is 32.4 Å². The molecule has 0 fully saturated rings. The third kappa shape index (κ3) is 6.53. The van der Waals surface area contributed by atoms with E-state index in [0.717, 1.165) is 11.1 Å². The highest BCUT2D eigenvalue weighted by molar-refractivity contribution is 7.89. The van der Waals surface area contributed by atoms with E-state index in [9.17, 15) is 18.0 Å². The Morgan fingerprint density at radius 3 is 2.26 bits per heavy atom. The summed E-state index contributed by atoms with van der Waals surface area (Å²) in [6.07, 6.45) is -0.345. The molecule has 2 rings (SSSR count). The van der Waals surface area contributed by atoms with Crippen molar-refractivity contribution >= 4 is 21.9 Å². The molecule has 0 aliphatic rings. The molecule has 168 valence electrons. The molecule has 1 amide bonds. The monoisotopic (exact) mass is 448 g/mol. The molecule has 0 heterocycles. The maximum Gasteiger partial charge on any atom is 0.308 e. The second-order valence-electron chi connectivity index (χ2n) is 7.25. The SMILES string of the molecule is CNS(=O)(=O)c1cc(C(=O)NC(CC(=O)OC(C)C)c2ccc(C)cc2)ccc1OC. The number of carbonyl (C=O) groups excluding carboxylic acids is 2. The first kappa shape index (κ1) is 24.4. The van der Waals surface area contributed by atoms with Crippen molar-refractivity contribution in [1.29, 1.82) is 0 Å². The Morgan fingerprint density at radius 1 is 1.06 bits per heavy atom. The van der Waals surface area contributed by atoms with Crippen molar-refractivity contribution in [2.24, 2.45) is 0 Å². The highest BCUT2D eigenvalue weighted by atomic mass is 32.2. The van der Waals surface area contributed by atoms with Crippen LogP contribution in [0.25, 0.3) is 0 Å². The van der Waals surface area contributed by atoms with Gasteiger partial charge in [-0.05, 0) is 51.6 Å². The van der Waals surface area contributed by atoms with Gasteiger partial charge in [0, 0.05) is 5.56 Å². The first-order chi connectivity index (χ1) is 14.6. The van der Waals surface area contributed by atoms with E-state index >= 15 is 0 Å². The Morgan fingerprint density at radius 2 is 1.71 bits per heavy atom. The Bertz CT molecular complexity index is 1030. The van der Waals surface area contributed by atoms with E-state index in [2.05, 4.69) is 10.0 Å². The molecule has 0 bridgehead atoms. The number of nitrogens with one attached hydrogen (secondary N) is 2. The summed E-state index contributed by atoms with van der Waals surface area (Å²) in [5.41, 5.74) is 1.89. The van der Waals surface area contributed by atoms with Crippen molar-refractivity contribution in [3.8, 4) is 5.75 Å². The fourth-order valence-corrected chi connectivity index (χ4v) is 3.83. The van der Waals surface area contributed by atoms with E-state index < -0.39 is 27.9 Å². The molecule has 31 heavy (non-hydrogen) atoms. The molecule has 0 aliphatic heterocycles. The summed E-state index contributed by atoms with van der Waals surface area (Å²) in [6.45, 7) is 5.43. The molecule has 1 atom stereocenters. The summed E-state index contributed by atoms with van der Waals surface area (Å²) in [6, 6.07) is 10.9. The number of carbonyl (C=O) groups is 2. The lowest BCUT2D eigenvalue weighted by Crippen LogP contribution is -2.31. The van der Waals surface area contributed by atoms with Crippen LogP contribution in [0.3, 0.4) is 0 Å². The Kier molecular flexibility index (Phi) is 8.18. The average molecular weight is 449 g/mol. The standard InChI is InChI=1S/C22H28N2O6S/c1-14(2)30-21(25)13-18(16-8-6-15(3)7-9-16)24-22(26)17-10-11-19(29-5)20(12-17)31(27,28)23-4/h6-12,14,18,23H,13H2,1-5H3,(H,24,26). The molecule has 9 heteroatoms. The second kappa shape index (κ2) is 10.4. The van der Waals surface area contributed by atoms with Crippen LogP contribution >= 0.6 is 0 Å². The summed E-state index contributed by atoms with van der Waals surface area (Å²) in [7, 11) is -1.23. The van der Waals surface area contributed by atoms with Crippen LogP contribution in [0, 0.1) is 6.92 Å². The van der Waals surface area contributed by atoms with Gasteiger partial charge in [0.05, 0.1) is 25.7 Å². The van der Waals surface area contributed by atoms with Crippen LogP contribution in [0.15, 0.2) is 47.4 Å². The normalized spacial score (nSPS) is 12.3. The fraction of sp³-hybridized carbons (Fsp3) is 0.364. The molecular weight excluding hydrogens is 420 g/mol. The zero-order valence-corrected chi connectivity index (χ0v) is 19.1. The second-order valence-corrected chi connectivity index (χ2v) is 9.11. The molecule has 1 unspecified atom stereocenters. The molecule has 8 nitrogen and oxygen atoms in total.